The third kappa shape index (κ3) is 3.27. The van der Waals surface area contributed by atoms with Gasteiger partial charge in [-0.2, -0.15) is 11.8 Å². The Balaban J connectivity index is 1.91. The molecule has 2 aromatic rings. The molecule has 1 amide bonds. The first-order chi connectivity index (χ1) is 8.81. The number of fused-ring (bicyclic) bond motifs is 1. The number of hydrogen-bond donors (Lipinski definition) is 2. The maximum Gasteiger partial charge on any atom is 0.248 e. The third-order valence-electron chi connectivity index (χ3n) is 2.60. The van der Waals surface area contributed by atoms with Crippen molar-refractivity contribution in [3.8, 4) is 0 Å². The highest BCUT2D eigenvalue weighted by atomic mass is 32.2. The summed E-state index contributed by atoms with van der Waals surface area (Å²) >= 11 is 1.68. The number of carbonyl (C=O) groups excluding carboxylic acids is 1. The number of nitrogens with one attached hydrogen (secondary N) is 2. The first-order valence-electron chi connectivity index (χ1n) is 5.76. The highest BCUT2D eigenvalue weighted by molar-refractivity contribution is 7.98. The van der Waals surface area contributed by atoms with E-state index < -0.39 is 0 Å². The molecule has 0 saturated carbocycles. The van der Waals surface area contributed by atoms with E-state index >= 15 is 0 Å². The molecule has 0 bridgehead atoms. The lowest BCUT2D eigenvalue weighted by atomic mass is 10.1. The Morgan fingerprint density at radius 2 is 2.28 bits per heavy atom. The Kier molecular flexibility index (Phi) is 4.66. The van der Waals surface area contributed by atoms with Crippen molar-refractivity contribution in [2.45, 2.75) is 6.42 Å². The zero-order valence-corrected chi connectivity index (χ0v) is 11.0. The summed E-state index contributed by atoms with van der Waals surface area (Å²) in [5, 5.41) is 1.08. The minimum absolute atomic E-state index is 0.124. The highest BCUT2D eigenvalue weighted by Crippen LogP contribution is 2.17. The van der Waals surface area contributed by atoms with Gasteiger partial charge in [-0.15, -0.1) is 0 Å². The fourth-order valence-corrected chi connectivity index (χ4v) is 1.99. The molecule has 0 unspecified atom stereocenters. The lowest BCUT2D eigenvalue weighted by Crippen LogP contribution is -2.26. The van der Waals surface area contributed by atoms with Gasteiger partial charge >= 0.3 is 0 Å². The lowest BCUT2D eigenvalue weighted by Gasteiger charge is -2.04. The number of hydroxylamine groups is 1. The zero-order chi connectivity index (χ0) is 12.8. The average Bonchev–Trinajstić information content (AvgIpc) is 2.78. The molecule has 0 aliphatic carbocycles. The van der Waals surface area contributed by atoms with Gasteiger partial charge in [-0.05, 0) is 17.9 Å². The Morgan fingerprint density at radius 1 is 1.44 bits per heavy atom. The maximum absolute atomic E-state index is 11.7. The fourth-order valence-electron chi connectivity index (χ4n) is 1.74. The van der Waals surface area contributed by atoms with Gasteiger partial charge in [-0.25, -0.2) is 5.48 Å². The van der Waals surface area contributed by atoms with E-state index in [-0.39, 0.29) is 5.91 Å². The second kappa shape index (κ2) is 6.47. The van der Waals surface area contributed by atoms with Crippen molar-refractivity contribution >= 4 is 28.6 Å². The van der Waals surface area contributed by atoms with Gasteiger partial charge in [0, 0.05) is 22.9 Å². The SMILES string of the molecule is CSCCONC(=O)Cc1c[nH]c2ccccc12. The summed E-state index contributed by atoms with van der Waals surface area (Å²) in [7, 11) is 0. The molecule has 0 saturated heterocycles. The number of para-hydroxylation sites is 1. The van der Waals surface area contributed by atoms with Crippen LogP contribution >= 0.6 is 11.8 Å². The van der Waals surface area contributed by atoms with Crippen molar-refractivity contribution in [1.29, 1.82) is 0 Å². The molecule has 2 rings (SSSR count). The summed E-state index contributed by atoms with van der Waals surface area (Å²) in [6.07, 6.45) is 4.19. The van der Waals surface area contributed by atoms with Crippen LogP contribution in [0.2, 0.25) is 0 Å². The number of aromatic amines is 1. The molecule has 0 aliphatic rings. The first-order valence-corrected chi connectivity index (χ1v) is 7.15. The van der Waals surface area contributed by atoms with Gasteiger partial charge in [0.1, 0.15) is 0 Å². The van der Waals surface area contributed by atoms with E-state index in [0.29, 0.717) is 13.0 Å². The van der Waals surface area contributed by atoms with Gasteiger partial charge < -0.3 is 4.98 Å². The third-order valence-corrected chi connectivity index (χ3v) is 3.18. The molecule has 1 aromatic carbocycles. The number of thioether (sulfide) groups is 1. The molecule has 18 heavy (non-hydrogen) atoms. The smallest absolute Gasteiger partial charge is 0.248 e. The second-order valence-corrected chi connectivity index (χ2v) is 4.89. The van der Waals surface area contributed by atoms with Gasteiger partial charge in [-0.3, -0.25) is 9.63 Å². The Morgan fingerprint density at radius 3 is 3.11 bits per heavy atom. The molecular formula is C13H16N2O2S. The maximum atomic E-state index is 11.7. The van der Waals surface area contributed by atoms with Crippen LogP contribution in [0, 0.1) is 0 Å². The lowest BCUT2D eigenvalue weighted by molar-refractivity contribution is -0.132. The van der Waals surface area contributed by atoms with Crippen LogP contribution in [-0.2, 0) is 16.1 Å². The standard InChI is InChI=1S/C13H16N2O2S/c1-18-7-6-17-15-13(16)8-10-9-14-12-5-3-2-4-11(10)12/h2-5,9,14H,6-8H2,1H3,(H,15,16). The van der Waals surface area contributed by atoms with Gasteiger partial charge in [0.25, 0.3) is 0 Å². The molecular weight excluding hydrogens is 248 g/mol. The van der Waals surface area contributed by atoms with Crippen LogP contribution in [0.15, 0.2) is 30.5 Å². The average molecular weight is 264 g/mol. The van der Waals surface area contributed by atoms with Crippen LogP contribution in [-0.4, -0.2) is 29.5 Å². The number of carbonyl (C=O) groups is 1. The quantitative estimate of drug-likeness (QED) is 0.620. The largest absolute Gasteiger partial charge is 0.361 e. The van der Waals surface area contributed by atoms with Crippen LogP contribution in [0.5, 0.6) is 0 Å². The molecule has 5 heteroatoms. The van der Waals surface area contributed by atoms with E-state index in [4.69, 9.17) is 4.84 Å². The van der Waals surface area contributed by atoms with Crippen molar-refractivity contribution in [3.63, 3.8) is 0 Å². The number of H-pyrrole nitrogens is 1. The molecule has 4 nitrogen and oxygen atoms in total. The fraction of sp³-hybridized carbons (Fsp3) is 0.308. The van der Waals surface area contributed by atoms with E-state index in [2.05, 4.69) is 10.5 Å². The molecule has 2 N–H and O–H groups in total. The van der Waals surface area contributed by atoms with Gasteiger partial charge in [0.05, 0.1) is 13.0 Å². The number of amides is 1. The predicted octanol–water partition coefficient (Wildman–Crippen LogP) is 2.12. The molecule has 0 spiro atoms. The number of benzene rings is 1. The van der Waals surface area contributed by atoms with E-state index in [1.54, 1.807) is 11.8 Å². The second-order valence-electron chi connectivity index (χ2n) is 3.90. The molecule has 0 radical (unpaired) electrons. The van der Waals surface area contributed by atoms with E-state index in [0.717, 1.165) is 22.2 Å². The van der Waals surface area contributed by atoms with Crippen LogP contribution in [0.25, 0.3) is 10.9 Å². The Bertz CT molecular complexity index is 524. The first kappa shape index (κ1) is 13.0. The summed E-state index contributed by atoms with van der Waals surface area (Å²) in [6, 6.07) is 7.93. The Labute approximate surface area is 110 Å². The van der Waals surface area contributed by atoms with E-state index in [1.165, 1.54) is 0 Å². The molecule has 0 aliphatic heterocycles. The van der Waals surface area contributed by atoms with Crippen LogP contribution in [0.3, 0.4) is 0 Å². The van der Waals surface area contributed by atoms with Crippen molar-refractivity contribution in [3.05, 3.63) is 36.0 Å². The summed E-state index contributed by atoms with van der Waals surface area (Å²) in [5.74, 6) is 0.744. The summed E-state index contributed by atoms with van der Waals surface area (Å²) in [4.78, 5) is 19.9. The summed E-state index contributed by atoms with van der Waals surface area (Å²) < 4.78 is 0. The Hall–Kier alpha value is -1.46. The molecule has 96 valence electrons. The van der Waals surface area contributed by atoms with Crippen molar-refractivity contribution in [2.75, 3.05) is 18.6 Å². The van der Waals surface area contributed by atoms with E-state index in [1.807, 2.05) is 36.7 Å². The molecule has 0 atom stereocenters. The van der Waals surface area contributed by atoms with Crippen molar-refractivity contribution in [1.82, 2.24) is 10.5 Å². The highest BCUT2D eigenvalue weighted by Gasteiger charge is 2.08. The van der Waals surface area contributed by atoms with Gasteiger partial charge in [0.15, 0.2) is 0 Å². The summed E-state index contributed by atoms with van der Waals surface area (Å²) in [5.41, 5.74) is 4.48. The van der Waals surface area contributed by atoms with Gasteiger partial charge in [0.2, 0.25) is 5.91 Å². The number of hydrogen-bond acceptors (Lipinski definition) is 3. The number of rotatable bonds is 6. The van der Waals surface area contributed by atoms with Crippen LogP contribution in [0.4, 0.5) is 0 Å². The molecule has 1 heterocycles. The van der Waals surface area contributed by atoms with E-state index in [9.17, 15) is 4.79 Å². The molecule has 0 fully saturated rings. The van der Waals surface area contributed by atoms with Crippen LogP contribution in [0.1, 0.15) is 5.56 Å². The normalized spacial score (nSPS) is 10.7. The molecule has 1 aromatic heterocycles. The zero-order valence-electron chi connectivity index (χ0n) is 10.2. The van der Waals surface area contributed by atoms with Gasteiger partial charge in [-0.1, -0.05) is 18.2 Å². The topological polar surface area (TPSA) is 54.1 Å². The predicted molar refractivity (Wildman–Crippen MR) is 74.5 cm³/mol. The van der Waals surface area contributed by atoms with Crippen LogP contribution < -0.4 is 5.48 Å². The minimum atomic E-state index is -0.124. The summed E-state index contributed by atoms with van der Waals surface area (Å²) in [6.45, 7) is 0.529. The minimum Gasteiger partial charge on any atom is -0.361 e. The van der Waals surface area contributed by atoms with Crippen molar-refractivity contribution < 1.29 is 9.63 Å². The number of aromatic nitrogens is 1. The monoisotopic (exact) mass is 264 g/mol. The van der Waals surface area contributed by atoms with Crippen molar-refractivity contribution in [2.24, 2.45) is 0 Å².